The molecule has 5 nitrogen and oxygen atoms in total. The third-order valence-electron chi connectivity index (χ3n) is 4.24. The number of rotatable bonds is 2. The monoisotopic (exact) mass is 244 g/mol. The van der Waals surface area contributed by atoms with Gasteiger partial charge in [0.15, 0.2) is 12.1 Å². The molecule has 0 amide bonds. The molecule has 3 fully saturated rings. The van der Waals surface area contributed by atoms with Crippen molar-refractivity contribution in [1.82, 2.24) is 0 Å². The van der Waals surface area contributed by atoms with Crippen LogP contribution in [0.4, 0.5) is 0 Å². The Hall–Kier alpha value is -0.200. The first-order valence-electron chi connectivity index (χ1n) is 6.19. The van der Waals surface area contributed by atoms with E-state index in [4.69, 9.17) is 18.9 Å². The topological polar surface area (TPSA) is 57.2 Å². The molecule has 5 atom stereocenters. The van der Waals surface area contributed by atoms with E-state index in [0.717, 1.165) is 12.8 Å². The Balaban J connectivity index is 1.88. The fraction of sp³-hybridized carbons (Fsp3) is 1.00. The van der Waals surface area contributed by atoms with E-state index in [1.165, 1.54) is 0 Å². The number of hydrogen-bond donors (Lipinski definition) is 1. The minimum absolute atomic E-state index is 0.128. The SMILES string of the molecule is COC1O[C@@]2(CC[C@@H]2CO)C2OC(C)(C)OC12. The van der Waals surface area contributed by atoms with E-state index in [9.17, 15) is 5.11 Å². The van der Waals surface area contributed by atoms with Crippen molar-refractivity contribution in [2.24, 2.45) is 5.92 Å². The second kappa shape index (κ2) is 3.65. The van der Waals surface area contributed by atoms with E-state index < -0.39 is 17.7 Å². The molecule has 2 aliphatic heterocycles. The first-order valence-corrected chi connectivity index (χ1v) is 6.19. The smallest absolute Gasteiger partial charge is 0.186 e. The maximum atomic E-state index is 9.40. The summed E-state index contributed by atoms with van der Waals surface area (Å²) in [6, 6.07) is 0. The Morgan fingerprint density at radius 1 is 1.29 bits per heavy atom. The molecule has 1 aliphatic carbocycles. The van der Waals surface area contributed by atoms with Gasteiger partial charge in [0.25, 0.3) is 0 Å². The Kier molecular flexibility index (Phi) is 2.55. The third-order valence-corrected chi connectivity index (χ3v) is 4.24. The van der Waals surface area contributed by atoms with Gasteiger partial charge in [0, 0.05) is 19.6 Å². The van der Waals surface area contributed by atoms with Gasteiger partial charge in [-0.15, -0.1) is 0 Å². The van der Waals surface area contributed by atoms with Gasteiger partial charge in [-0.05, 0) is 26.7 Å². The molecular weight excluding hydrogens is 224 g/mol. The summed E-state index contributed by atoms with van der Waals surface area (Å²) in [6.07, 6.45) is 1.16. The van der Waals surface area contributed by atoms with Crippen molar-refractivity contribution < 1.29 is 24.1 Å². The Morgan fingerprint density at radius 3 is 2.59 bits per heavy atom. The average Bonchev–Trinajstić information content (AvgIpc) is 2.69. The van der Waals surface area contributed by atoms with Crippen molar-refractivity contribution in [3.8, 4) is 0 Å². The molecule has 0 aromatic rings. The van der Waals surface area contributed by atoms with Gasteiger partial charge >= 0.3 is 0 Å². The lowest BCUT2D eigenvalue weighted by atomic mass is 9.66. The highest BCUT2D eigenvalue weighted by molar-refractivity contribution is 5.13. The Bertz CT molecular complexity index is 316. The van der Waals surface area contributed by atoms with Gasteiger partial charge in [0.05, 0.1) is 0 Å². The van der Waals surface area contributed by atoms with Crippen LogP contribution in [0.2, 0.25) is 0 Å². The maximum Gasteiger partial charge on any atom is 0.186 e. The van der Waals surface area contributed by atoms with Crippen molar-refractivity contribution in [3.63, 3.8) is 0 Å². The molecule has 1 N–H and O–H groups in total. The van der Waals surface area contributed by atoms with Gasteiger partial charge in [0.2, 0.25) is 0 Å². The Labute approximate surface area is 101 Å². The molecule has 3 aliphatic rings. The van der Waals surface area contributed by atoms with E-state index in [1.807, 2.05) is 13.8 Å². The lowest BCUT2D eigenvalue weighted by Gasteiger charge is -2.48. The van der Waals surface area contributed by atoms with Crippen LogP contribution < -0.4 is 0 Å². The lowest BCUT2D eigenvalue weighted by Crippen LogP contribution is -2.57. The quantitative estimate of drug-likeness (QED) is 0.773. The van der Waals surface area contributed by atoms with E-state index in [-0.39, 0.29) is 24.7 Å². The Morgan fingerprint density at radius 2 is 2.06 bits per heavy atom. The average molecular weight is 244 g/mol. The van der Waals surface area contributed by atoms with Crippen molar-refractivity contribution in [1.29, 1.82) is 0 Å². The molecule has 5 heteroatoms. The van der Waals surface area contributed by atoms with Gasteiger partial charge in [0.1, 0.15) is 17.8 Å². The van der Waals surface area contributed by atoms with Crippen molar-refractivity contribution >= 4 is 0 Å². The number of aliphatic hydroxyl groups is 1. The molecule has 0 bridgehead atoms. The minimum Gasteiger partial charge on any atom is -0.396 e. The van der Waals surface area contributed by atoms with Crippen LogP contribution in [-0.4, -0.2) is 48.7 Å². The van der Waals surface area contributed by atoms with E-state index >= 15 is 0 Å². The highest BCUT2D eigenvalue weighted by Crippen LogP contribution is 2.55. The van der Waals surface area contributed by atoms with Crippen molar-refractivity contribution in [3.05, 3.63) is 0 Å². The fourth-order valence-corrected chi connectivity index (χ4v) is 3.31. The lowest BCUT2D eigenvalue weighted by molar-refractivity contribution is -0.282. The number of methoxy groups -OCH3 is 1. The minimum atomic E-state index is -0.599. The van der Waals surface area contributed by atoms with Crippen LogP contribution in [-0.2, 0) is 18.9 Å². The van der Waals surface area contributed by atoms with Gasteiger partial charge in [-0.3, -0.25) is 0 Å². The molecule has 98 valence electrons. The van der Waals surface area contributed by atoms with E-state index in [0.29, 0.717) is 0 Å². The predicted molar refractivity (Wildman–Crippen MR) is 58.2 cm³/mol. The molecule has 17 heavy (non-hydrogen) atoms. The summed E-state index contributed by atoms with van der Waals surface area (Å²) in [7, 11) is 1.61. The summed E-state index contributed by atoms with van der Waals surface area (Å²) >= 11 is 0. The molecule has 0 aromatic carbocycles. The first-order chi connectivity index (χ1) is 8.02. The van der Waals surface area contributed by atoms with Crippen LogP contribution in [0.15, 0.2) is 0 Å². The van der Waals surface area contributed by atoms with Gasteiger partial charge < -0.3 is 24.1 Å². The maximum absolute atomic E-state index is 9.40. The molecule has 1 saturated carbocycles. The first kappa shape index (κ1) is 11.9. The molecule has 3 unspecified atom stereocenters. The normalized spacial score (nSPS) is 51.5. The van der Waals surface area contributed by atoms with E-state index in [2.05, 4.69) is 0 Å². The number of ether oxygens (including phenoxy) is 4. The molecule has 2 saturated heterocycles. The standard InChI is InChI=1S/C12H20O5/c1-11(2)15-8-9(16-11)12(17-10(8)14-3)5-4-7(12)6-13/h7-10,13H,4-6H2,1-3H3/t7-,8?,9?,10?,12-/m1/s1. The van der Waals surface area contributed by atoms with Crippen LogP contribution in [0.1, 0.15) is 26.7 Å². The van der Waals surface area contributed by atoms with Gasteiger partial charge in [-0.2, -0.15) is 0 Å². The van der Waals surface area contributed by atoms with Crippen LogP contribution in [0.25, 0.3) is 0 Å². The molecule has 3 rings (SSSR count). The second-order valence-corrected chi connectivity index (χ2v) is 5.62. The summed E-state index contributed by atoms with van der Waals surface area (Å²) in [6.45, 7) is 3.93. The molecule has 2 heterocycles. The molecule has 0 aromatic heterocycles. The van der Waals surface area contributed by atoms with Crippen LogP contribution in [0.3, 0.4) is 0 Å². The highest BCUT2D eigenvalue weighted by atomic mass is 16.8. The van der Waals surface area contributed by atoms with E-state index in [1.54, 1.807) is 7.11 Å². The second-order valence-electron chi connectivity index (χ2n) is 5.62. The summed E-state index contributed by atoms with van der Waals surface area (Å²) in [5.41, 5.74) is -0.409. The van der Waals surface area contributed by atoms with Crippen LogP contribution >= 0.6 is 0 Å². The number of aliphatic hydroxyl groups excluding tert-OH is 1. The summed E-state index contributed by atoms with van der Waals surface area (Å²) in [5, 5.41) is 9.40. The fourth-order valence-electron chi connectivity index (χ4n) is 3.31. The molecular formula is C12H20O5. The van der Waals surface area contributed by atoms with Crippen LogP contribution in [0, 0.1) is 5.92 Å². The van der Waals surface area contributed by atoms with Crippen LogP contribution in [0.5, 0.6) is 0 Å². The van der Waals surface area contributed by atoms with Gasteiger partial charge in [-0.1, -0.05) is 0 Å². The number of hydrogen-bond acceptors (Lipinski definition) is 5. The zero-order valence-corrected chi connectivity index (χ0v) is 10.5. The zero-order valence-electron chi connectivity index (χ0n) is 10.5. The summed E-state index contributed by atoms with van der Waals surface area (Å²) in [4.78, 5) is 0. The molecule has 1 spiro atoms. The zero-order chi connectivity index (χ0) is 12.3. The predicted octanol–water partition coefficient (Wildman–Crippen LogP) is 0.650. The number of fused-ring (bicyclic) bond motifs is 2. The summed E-state index contributed by atoms with van der Waals surface area (Å²) < 4.78 is 23.1. The largest absolute Gasteiger partial charge is 0.396 e. The molecule has 0 radical (unpaired) electrons. The third kappa shape index (κ3) is 1.50. The van der Waals surface area contributed by atoms with Crippen molar-refractivity contribution in [2.45, 2.75) is 56.6 Å². The summed E-state index contributed by atoms with van der Waals surface area (Å²) in [5.74, 6) is -0.467. The van der Waals surface area contributed by atoms with Gasteiger partial charge in [-0.25, -0.2) is 0 Å². The highest BCUT2D eigenvalue weighted by Gasteiger charge is 2.68. The van der Waals surface area contributed by atoms with Crippen molar-refractivity contribution in [2.75, 3.05) is 13.7 Å².